The maximum atomic E-state index is 13.3. The number of hydrogen-bond acceptors (Lipinski definition) is 5. The van der Waals surface area contributed by atoms with E-state index in [1.807, 2.05) is 43.5 Å². The molecule has 7 heteroatoms. The van der Waals surface area contributed by atoms with E-state index in [0.717, 1.165) is 44.5 Å². The number of thiophene rings is 1. The molecule has 0 amide bonds. The summed E-state index contributed by atoms with van der Waals surface area (Å²) in [4.78, 5) is 6.61. The predicted octanol–water partition coefficient (Wildman–Crippen LogP) is 4.63. The van der Waals surface area contributed by atoms with Gasteiger partial charge in [0.25, 0.3) is 10.0 Å². The Labute approximate surface area is 155 Å². The Kier molecular flexibility index (Phi) is 4.17. The van der Waals surface area contributed by atoms with Gasteiger partial charge in [-0.05, 0) is 44.4 Å². The highest BCUT2D eigenvalue weighted by Gasteiger charge is 2.31. The van der Waals surface area contributed by atoms with Gasteiger partial charge in [-0.25, -0.2) is 13.4 Å². The number of fused-ring (bicyclic) bond motifs is 1. The Morgan fingerprint density at radius 3 is 2.76 bits per heavy atom. The molecular formula is C18H18N2O2S3. The second-order valence-corrected chi connectivity index (χ2v) is 10.1. The van der Waals surface area contributed by atoms with Gasteiger partial charge in [0, 0.05) is 22.5 Å². The number of aromatic nitrogens is 1. The van der Waals surface area contributed by atoms with Crippen molar-refractivity contribution in [2.24, 2.45) is 0 Å². The number of benzene rings is 1. The minimum atomic E-state index is -3.57. The number of nitrogens with zero attached hydrogens (tertiary/aromatic N) is 2. The van der Waals surface area contributed by atoms with Crippen molar-refractivity contribution in [2.75, 3.05) is 10.8 Å². The Hall–Kier alpha value is -1.70. The van der Waals surface area contributed by atoms with E-state index in [0.29, 0.717) is 11.4 Å². The lowest BCUT2D eigenvalue weighted by Gasteiger charge is -2.30. The highest BCUT2D eigenvalue weighted by molar-refractivity contribution is 7.93. The van der Waals surface area contributed by atoms with E-state index in [2.05, 4.69) is 4.98 Å². The van der Waals surface area contributed by atoms with Gasteiger partial charge in [0.15, 0.2) is 0 Å². The molecule has 4 nitrogen and oxygen atoms in total. The van der Waals surface area contributed by atoms with E-state index < -0.39 is 10.0 Å². The zero-order valence-electron chi connectivity index (χ0n) is 14.0. The molecule has 1 aliphatic heterocycles. The van der Waals surface area contributed by atoms with Gasteiger partial charge >= 0.3 is 0 Å². The minimum absolute atomic E-state index is 0.400. The topological polar surface area (TPSA) is 50.3 Å². The summed E-state index contributed by atoms with van der Waals surface area (Å²) in [6, 6.07) is 9.57. The summed E-state index contributed by atoms with van der Waals surface area (Å²) in [5, 5.41) is 2.87. The fraction of sp³-hybridized carbons (Fsp3) is 0.278. The van der Waals surface area contributed by atoms with E-state index in [1.165, 1.54) is 11.3 Å². The standard InChI is InChI=1S/C18H18N2O2S3/c1-12-11-23-18(19-12)16-10-17(13(2)24-16)25(21,22)20-9-5-7-14-6-3-4-8-15(14)20/h3-4,6,8,10-11H,5,7,9H2,1-2H3. The molecule has 0 saturated heterocycles. The normalized spacial score (nSPS) is 14.6. The van der Waals surface area contributed by atoms with Gasteiger partial charge in [-0.2, -0.15) is 0 Å². The molecule has 25 heavy (non-hydrogen) atoms. The van der Waals surface area contributed by atoms with Gasteiger partial charge < -0.3 is 0 Å². The van der Waals surface area contributed by atoms with Crippen LogP contribution in [0.2, 0.25) is 0 Å². The lowest BCUT2D eigenvalue weighted by Crippen LogP contribution is -2.35. The SMILES string of the molecule is Cc1csc(-c2cc(S(=O)(=O)N3CCCc4ccccc43)c(C)s2)n1. The summed E-state index contributed by atoms with van der Waals surface area (Å²) < 4.78 is 28.2. The minimum Gasteiger partial charge on any atom is -0.266 e. The quantitative estimate of drug-likeness (QED) is 0.655. The molecule has 3 heterocycles. The Morgan fingerprint density at radius 1 is 1.20 bits per heavy atom. The first-order valence-electron chi connectivity index (χ1n) is 8.10. The summed E-state index contributed by atoms with van der Waals surface area (Å²) in [5.74, 6) is 0. The number of rotatable bonds is 3. The maximum Gasteiger partial charge on any atom is 0.265 e. The Bertz CT molecular complexity index is 1030. The Morgan fingerprint density at radius 2 is 2.00 bits per heavy atom. The van der Waals surface area contributed by atoms with Crippen LogP contribution in [0.3, 0.4) is 0 Å². The summed E-state index contributed by atoms with van der Waals surface area (Å²) in [6.45, 7) is 4.35. The van der Waals surface area contributed by atoms with Crippen molar-refractivity contribution in [1.29, 1.82) is 0 Å². The van der Waals surface area contributed by atoms with E-state index in [1.54, 1.807) is 21.7 Å². The van der Waals surface area contributed by atoms with E-state index >= 15 is 0 Å². The fourth-order valence-corrected chi connectivity index (χ4v) is 7.13. The highest BCUT2D eigenvalue weighted by Crippen LogP contribution is 2.38. The van der Waals surface area contributed by atoms with Crippen LogP contribution in [-0.4, -0.2) is 19.9 Å². The molecule has 130 valence electrons. The average molecular weight is 391 g/mol. The predicted molar refractivity (Wildman–Crippen MR) is 104 cm³/mol. The molecule has 0 spiro atoms. The summed E-state index contributed by atoms with van der Waals surface area (Å²) in [7, 11) is -3.57. The number of aryl methyl sites for hydroxylation is 3. The molecule has 1 aliphatic rings. The highest BCUT2D eigenvalue weighted by atomic mass is 32.2. The second kappa shape index (κ2) is 6.23. The van der Waals surface area contributed by atoms with E-state index in [-0.39, 0.29) is 0 Å². The van der Waals surface area contributed by atoms with E-state index in [4.69, 9.17) is 0 Å². The molecule has 0 aliphatic carbocycles. The lowest BCUT2D eigenvalue weighted by molar-refractivity contribution is 0.586. The monoisotopic (exact) mass is 390 g/mol. The molecule has 0 radical (unpaired) electrons. The zero-order valence-corrected chi connectivity index (χ0v) is 16.5. The van der Waals surface area contributed by atoms with Gasteiger partial charge in [-0.15, -0.1) is 22.7 Å². The van der Waals surface area contributed by atoms with Crippen molar-refractivity contribution in [3.8, 4) is 9.88 Å². The van der Waals surface area contributed by atoms with Crippen LogP contribution in [0.25, 0.3) is 9.88 Å². The van der Waals surface area contributed by atoms with Crippen molar-refractivity contribution < 1.29 is 8.42 Å². The van der Waals surface area contributed by atoms with Crippen LogP contribution in [0.5, 0.6) is 0 Å². The van der Waals surface area contributed by atoms with Crippen molar-refractivity contribution in [3.63, 3.8) is 0 Å². The molecule has 1 aromatic carbocycles. The van der Waals surface area contributed by atoms with Crippen molar-refractivity contribution in [1.82, 2.24) is 4.98 Å². The molecule has 3 aromatic rings. The molecule has 2 aromatic heterocycles. The molecule has 0 bridgehead atoms. The summed E-state index contributed by atoms with van der Waals surface area (Å²) in [6.07, 6.45) is 1.77. The summed E-state index contributed by atoms with van der Waals surface area (Å²) in [5.41, 5.74) is 2.87. The van der Waals surface area contributed by atoms with Crippen LogP contribution in [0.1, 0.15) is 22.6 Å². The van der Waals surface area contributed by atoms with Crippen LogP contribution in [-0.2, 0) is 16.4 Å². The van der Waals surface area contributed by atoms with Crippen LogP contribution >= 0.6 is 22.7 Å². The third kappa shape index (κ3) is 2.90. The van der Waals surface area contributed by atoms with Gasteiger partial charge in [0.2, 0.25) is 0 Å². The number of para-hydroxylation sites is 1. The number of anilines is 1. The molecule has 0 saturated carbocycles. The van der Waals surface area contributed by atoms with Gasteiger partial charge in [-0.1, -0.05) is 18.2 Å². The van der Waals surface area contributed by atoms with Gasteiger partial charge in [-0.3, -0.25) is 4.31 Å². The molecule has 0 unspecified atom stereocenters. The number of thiazole rings is 1. The first-order valence-corrected chi connectivity index (χ1v) is 11.2. The molecule has 0 atom stereocenters. The number of sulfonamides is 1. The van der Waals surface area contributed by atoms with Gasteiger partial charge in [0.1, 0.15) is 9.90 Å². The van der Waals surface area contributed by atoms with Crippen LogP contribution in [0.15, 0.2) is 40.6 Å². The lowest BCUT2D eigenvalue weighted by atomic mass is 10.0. The third-order valence-electron chi connectivity index (χ3n) is 4.34. The maximum absolute atomic E-state index is 13.3. The first-order chi connectivity index (χ1) is 12.0. The number of hydrogen-bond donors (Lipinski definition) is 0. The van der Waals surface area contributed by atoms with Gasteiger partial charge in [0.05, 0.1) is 10.6 Å². The molecule has 4 rings (SSSR count). The zero-order chi connectivity index (χ0) is 17.6. The van der Waals surface area contributed by atoms with Crippen LogP contribution in [0.4, 0.5) is 5.69 Å². The van der Waals surface area contributed by atoms with Crippen molar-refractivity contribution in [3.05, 3.63) is 51.8 Å². The molecule has 0 N–H and O–H groups in total. The smallest absolute Gasteiger partial charge is 0.265 e. The van der Waals surface area contributed by atoms with Crippen molar-refractivity contribution >= 4 is 38.4 Å². The summed E-state index contributed by atoms with van der Waals surface area (Å²) >= 11 is 3.05. The van der Waals surface area contributed by atoms with Crippen LogP contribution in [0, 0.1) is 13.8 Å². The second-order valence-electron chi connectivity index (χ2n) is 6.13. The largest absolute Gasteiger partial charge is 0.266 e. The average Bonchev–Trinajstić information content (AvgIpc) is 3.20. The van der Waals surface area contributed by atoms with Crippen LogP contribution < -0.4 is 4.31 Å². The first kappa shape index (κ1) is 16.8. The fourth-order valence-electron chi connectivity index (χ4n) is 3.16. The van der Waals surface area contributed by atoms with E-state index in [9.17, 15) is 8.42 Å². The third-order valence-corrected chi connectivity index (χ3v) is 8.59. The molecular weight excluding hydrogens is 372 g/mol. The van der Waals surface area contributed by atoms with Crippen molar-refractivity contribution in [2.45, 2.75) is 31.6 Å². The Balaban J connectivity index is 1.78. The molecule has 0 fully saturated rings.